The van der Waals surface area contributed by atoms with E-state index in [1.54, 1.807) is 0 Å². The van der Waals surface area contributed by atoms with E-state index in [1.807, 2.05) is 0 Å². The van der Waals surface area contributed by atoms with Gasteiger partial charge in [-0.25, -0.2) is 0 Å². The molecule has 0 saturated heterocycles. The number of rotatable bonds is 7. The van der Waals surface area contributed by atoms with Crippen molar-refractivity contribution in [2.24, 2.45) is 0 Å². The van der Waals surface area contributed by atoms with Gasteiger partial charge in [0.1, 0.15) is 0 Å². The fourth-order valence-corrected chi connectivity index (χ4v) is 7.43. The summed E-state index contributed by atoms with van der Waals surface area (Å²) in [4.78, 5) is 2.42. The van der Waals surface area contributed by atoms with Gasteiger partial charge in [0.2, 0.25) is 0 Å². The topological polar surface area (TPSA) is 8.17 Å². The Kier molecular flexibility index (Phi) is 7.68. The number of aromatic nitrogens is 1. The van der Waals surface area contributed by atoms with Crippen LogP contribution in [-0.2, 0) is 0 Å². The lowest BCUT2D eigenvalue weighted by Crippen LogP contribution is -2.17. The van der Waals surface area contributed by atoms with Crippen molar-refractivity contribution in [1.29, 1.82) is 0 Å². The molecule has 0 radical (unpaired) electrons. The smallest absolute Gasteiger partial charge is 0.0541 e. The summed E-state index contributed by atoms with van der Waals surface area (Å²) in [6, 6.07) is 65.7. The van der Waals surface area contributed by atoms with E-state index in [0.717, 1.165) is 24.2 Å². The van der Waals surface area contributed by atoms with Crippen LogP contribution in [0.1, 0.15) is 18.4 Å². The van der Waals surface area contributed by atoms with Crippen LogP contribution in [-0.4, -0.2) is 4.57 Å². The second-order valence-corrected chi connectivity index (χ2v) is 12.9. The molecule has 2 nitrogen and oxygen atoms in total. The van der Waals surface area contributed by atoms with Crippen molar-refractivity contribution in [3.8, 4) is 27.9 Å². The molecule has 0 amide bonds. The van der Waals surface area contributed by atoms with E-state index in [0.29, 0.717) is 0 Å². The Morgan fingerprint density at radius 1 is 0.380 bits per heavy atom. The average Bonchev–Trinajstić information content (AvgIpc) is 3.53. The molecule has 1 heterocycles. The summed E-state index contributed by atoms with van der Waals surface area (Å²) in [6.07, 6.45) is 6.57. The summed E-state index contributed by atoms with van der Waals surface area (Å²) in [5.41, 5.74) is 14.8. The third-order valence-corrected chi connectivity index (χ3v) is 9.94. The van der Waals surface area contributed by atoms with Gasteiger partial charge < -0.3 is 9.47 Å². The van der Waals surface area contributed by atoms with Crippen LogP contribution in [0.2, 0.25) is 0 Å². The molecule has 1 aliphatic carbocycles. The number of benzene rings is 7. The normalized spacial score (nSPS) is 12.9. The highest BCUT2D eigenvalue weighted by Crippen LogP contribution is 2.39. The maximum Gasteiger partial charge on any atom is 0.0541 e. The van der Waals surface area contributed by atoms with E-state index in [4.69, 9.17) is 0 Å². The van der Waals surface area contributed by atoms with Crippen LogP contribution >= 0.6 is 0 Å². The van der Waals surface area contributed by atoms with Crippen LogP contribution in [0.4, 0.5) is 11.4 Å². The molecule has 1 aromatic heterocycles. The van der Waals surface area contributed by atoms with Crippen molar-refractivity contribution in [3.63, 3.8) is 0 Å². The zero-order chi connectivity index (χ0) is 33.3. The van der Waals surface area contributed by atoms with Crippen molar-refractivity contribution in [2.75, 3.05) is 4.90 Å². The summed E-state index contributed by atoms with van der Waals surface area (Å²) in [5, 5.41) is 2.53. The standard InChI is InChI=1S/C48H36N2/c1-4-12-35(13-5-1)37-20-27-42(28-21-37)49(43-29-22-38(23-30-43)36-14-6-2-7-15-36)44-31-24-39(25-32-44)40-26-33-48-46(34-40)45-18-10-11-19-47(45)50(48)41-16-8-3-9-17-41/h1-22,24-29,31-34H,23,30H2. The molecule has 0 saturated carbocycles. The largest absolute Gasteiger partial charge is 0.314 e. The maximum atomic E-state index is 2.42. The molecular weight excluding hydrogens is 605 g/mol. The summed E-state index contributed by atoms with van der Waals surface area (Å²) in [7, 11) is 0. The van der Waals surface area contributed by atoms with Gasteiger partial charge in [-0.15, -0.1) is 0 Å². The lowest BCUT2D eigenvalue weighted by atomic mass is 9.94. The monoisotopic (exact) mass is 640 g/mol. The van der Waals surface area contributed by atoms with E-state index in [2.05, 4.69) is 204 Å². The van der Waals surface area contributed by atoms with Crippen LogP contribution in [0.15, 0.2) is 200 Å². The van der Waals surface area contributed by atoms with Gasteiger partial charge in [0.05, 0.1) is 11.0 Å². The van der Waals surface area contributed by atoms with Crippen LogP contribution in [0.3, 0.4) is 0 Å². The number of allylic oxidation sites excluding steroid dienone is 4. The van der Waals surface area contributed by atoms with Gasteiger partial charge in [-0.05, 0) is 107 Å². The second-order valence-electron chi connectivity index (χ2n) is 12.9. The Morgan fingerprint density at radius 2 is 0.900 bits per heavy atom. The van der Waals surface area contributed by atoms with Crippen molar-refractivity contribution in [2.45, 2.75) is 12.8 Å². The first-order chi connectivity index (χ1) is 24.8. The highest BCUT2D eigenvalue weighted by molar-refractivity contribution is 6.10. The molecule has 9 rings (SSSR count). The van der Waals surface area contributed by atoms with E-state index < -0.39 is 0 Å². The number of para-hydroxylation sites is 2. The van der Waals surface area contributed by atoms with E-state index in [9.17, 15) is 0 Å². The van der Waals surface area contributed by atoms with Crippen molar-refractivity contribution in [1.82, 2.24) is 4.57 Å². The minimum Gasteiger partial charge on any atom is -0.314 e. The van der Waals surface area contributed by atoms with Crippen LogP contribution in [0, 0.1) is 0 Å². The van der Waals surface area contributed by atoms with Crippen LogP contribution in [0.25, 0.3) is 55.3 Å². The Balaban J connectivity index is 1.09. The molecular formula is C48H36N2. The van der Waals surface area contributed by atoms with Gasteiger partial charge in [-0.2, -0.15) is 0 Å². The first-order valence-electron chi connectivity index (χ1n) is 17.4. The Morgan fingerprint density at radius 3 is 1.54 bits per heavy atom. The van der Waals surface area contributed by atoms with Crippen molar-refractivity contribution >= 4 is 38.8 Å². The van der Waals surface area contributed by atoms with Gasteiger partial charge in [0.15, 0.2) is 0 Å². The highest BCUT2D eigenvalue weighted by atomic mass is 15.1. The SMILES string of the molecule is C1=C(c2ccccc2)CCC(N(c2ccc(-c3ccccc3)cc2)c2ccc(-c3ccc4c(c3)c3ccccc3n4-c3ccccc3)cc2)=C1. The number of anilines is 2. The lowest BCUT2D eigenvalue weighted by molar-refractivity contribution is 0.930. The summed E-state index contributed by atoms with van der Waals surface area (Å²) in [5.74, 6) is 0. The van der Waals surface area contributed by atoms with Gasteiger partial charge in [0, 0.05) is 33.5 Å². The van der Waals surface area contributed by atoms with Crippen molar-refractivity contribution < 1.29 is 0 Å². The molecule has 7 aromatic carbocycles. The van der Waals surface area contributed by atoms with Gasteiger partial charge in [0.25, 0.3) is 0 Å². The molecule has 0 fully saturated rings. The summed E-state index contributed by atoms with van der Waals surface area (Å²) in [6.45, 7) is 0. The quantitative estimate of drug-likeness (QED) is 0.168. The van der Waals surface area contributed by atoms with Gasteiger partial charge >= 0.3 is 0 Å². The second kappa shape index (κ2) is 12.9. The molecule has 0 bridgehead atoms. The van der Waals surface area contributed by atoms with Crippen molar-refractivity contribution in [3.05, 3.63) is 205 Å². The minimum absolute atomic E-state index is 0.963. The molecule has 238 valence electrons. The number of hydrogen-bond acceptors (Lipinski definition) is 1. The van der Waals surface area contributed by atoms with E-state index in [1.165, 1.54) is 66.6 Å². The zero-order valence-electron chi connectivity index (χ0n) is 27.8. The molecule has 50 heavy (non-hydrogen) atoms. The van der Waals surface area contributed by atoms with E-state index >= 15 is 0 Å². The van der Waals surface area contributed by atoms with Crippen LogP contribution in [0.5, 0.6) is 0 Å². The minimum atomic E-state index is 0.963. The molecule has 0 spiro atoms. The number of hydrogen-bond donors (Lipinski definition) is 0. The van der Waals surface area contributed by atoms with E-state index in [-0.39, 0.29) is 0 Å². The molecule has 0 atom stereocenters. The third kappa shape index (κ3) is 5.51. The Labute approximate surface area is 293 Å². The fraction of sp³-hybridized carbons (Fsp3) is 0.0417. The lowest BCUT2D eigenvalue weighted by Gasteiger charge is -2.30. The molecule has 0 N–H and O–H groups in total. The fourth-order valence-electron chi connectivity index (χ4n) is 7.43. The zero-order valence-corrected chi connectivity index (χ0v) is 27.8. The average molecular weight is 641 g/mol. The van der Waals surface area contributed by atoms with Crippen LogP contribution < -0.4 is 4.90 Å². The number of fused-ring (bicyclic) bond motifs is 3. The molecule has 0 unspecified atom stereocenters. The predicted octanol–water partition coefficient (Wildman–Crippen LogP) is 13.0. The summed E-state index contributed by atoms with van der Waals surface area (Å²) < 4.78 is 2.37. The molecule has 1 aliphatic rings. The van der Waals surface area contributed by atoms with Gasteiger partial charge in [-0.3, -0.25) is 0 Å². The first kappa shape index (κ1) is 29.7. The van der Waals surface area contributed by atoms with Gasteiger partial charge in [-0.1, -0.05) is 133 Å². The molecule has 8 aromatic rings. The Bertz CT molecular complexity index is 2490. The molecule has 0 aliphatic heterocycles. The highest BCUT2D eigenvalue weighted by Gasteiger charge is 2.19. The predicted molar refractivity (Wildman–Crippen MR) is 212 cm³/mol. The summed E-state index contributed by atoms with van der Waals surface area (Å²) >= 11 is 0. The molecule has 2 heteroatoms. The first-order valence-corrected chi connectivity index (χ1v) is 17.4. The Hall–Kier alpha value is -6.38. The maximum absolute atomic E-state index is 2.42. The third-order valence-electron chi connectivity index (χ3n) is 9.94. The number of nitrogens with zero attached hydrogens (tertiary/aromatic N) is 2.